The van der Waals surface area contributed by atoms with Crippen molar-refractivity contribution in [2.45, 2.75) is 51.6 Å². The van der Waals surface area contributed by atoms with Gasteiger partial charge in [0.2, 0.25) is 5.91 Å². The average molecular weight is 338 g/mol. The molecule has 1 saturated heterocycles. The van der Waals surface area contributed by atoms with Crippen LogP contribution in [0.1, 0.15) is 50.4 Å². The lowest BCUT2D eigenvalue weighted by Gasteiger charge is -2.36. The molecule has 1 atom stereocenters. The van der Waals surface area contributed by atoms with Gasteiger partial charge in [0.25, 0.3) is 5.91 Å². The van der Waals surface area contributed by atoms with Gasteiger partial charge in [-0.25, -0.2) is 0 Å². The van der Waals surface area contributed by atoms with Gasteiger partial charge < -0.3 is 10.2 Å². The highest BCUT2D eigenvalue weighted by molar-refractivity contribution is 6.08. The van der Waals surface area contributed by atoms with E-state index in [0.717, 1.165) is 30.0 Å². The van der Waals surface area contributed by atoms with Crippen LogP contribution in [0, 0.1) is 0 Å². The third-order valence-electron chi connectivity index (χ3n) is 4.58. The largest absolute Gasteiger partial charge is 0.350 e. The minimum absolute atomic E-state index is 0.0504. The van der Waals surface area contributed by atoms with Gasteiger partial charge in [-0.05, 0) is 56.9 Å². The quantitative estimate of drug-likeness (QED) is 0.906. The molecule has 0 radical (unpaired) electrons. The first-order valence-electron chi connectivity index (χ1n) is 8.97. The molecular weight excluding hydrogens is 312 g/mol. The van der Waals surface area contributed by atoms with Crippen molar-refractivity contribution >= 4 is 22.6 Å². The zero-order valence-electron chi connectivity index (χ0n) is 15.2. The predicted octanol–water partition coefficient (Wildman–Crippen LogP) is 3.75. The number of benzene rings is 2. The molecule has 0 saturated carbocycles. The maximum atomic E-state index is 13.2. The topological polar surface area (TPSA) is 49.4 Å². The van der Waals surface area contributed by atoms with Gasteiger partial charge in [0, 0.05) is 17.6 Å². The molecule has 0 aliphatic carbocycles. The highest BCUT2D eigenvalue weighted by Gasteiger charge is 2.34. The number of likely N-dealkylation sites (tertiary alicyclic amines) is 1. The van der Waals surface area contributed by atoms with Crippen LogP contribution in [0.15, 0.2) is 42.5 Å². The van der Waals surface area contributed by atoms with Gasteiger partial charge in [-0.15, -0.1) is 0 Å². The van der Waals surface area contributed by atoms with Gasteiger partial charge in [0.1, 0.15) is 6.04 Å². The van der Waals surface area contributed by atoms with Crippen molar-refractivity contribution < 1.29 is 9.59 Å². The van der Waals surface area contributed by atoms with E-state index in [1.54, 1.807) is 4.90 Å². The van der Waals surface area contributed by atoms with Crippen LogP contribution in [-0.2, 0) is 4.79 Å². The number of carbonyl (C=O) groups is 2. The van der Waals surface area contributed by atoms with Crippen LogP contribution in [0.4, 0.5) is 0 Å². The Labute approximate surface area is 149 Å². The molecule has 4 nitrogen and oxygen atoms in total. The zero-order valence-corrected chi connectivity index (χ0v) is 15.2. The normalized spacial score (nSPS) is 18.2. The molecule has 0 spiro atoms. The molecule has 1 fully saturated rings. The van der Waals surface area contributed by atoms with Crippen molar-refractivity contribution in [2.24, 2.45) is 0 Å². The Hall–Kier alpha value is -2.36. The van der Waals surface area contributed by atoms with Gasteiger partial charge in [0.15, 0.2) is 0 Å². The number of hydrogen-bond donors (Lipinski definition) is 1. The van der Waals surface area contributed by atoms with Crippen molar-refractivity contribution in [2.75, 3.05) is 6.54 Å². The number of nitrogens with zero attached hydrogens (tertiary/aromatic N) is 1. The van der Waals surface area contributed by atoms with E-state index in [4.69, 9.17) is 0 Å². The van der Waals surface area contributed by atoms with Crippen molar-refractivity contribution in [3.05, 3.63) is 48.0 Å². The Morgan fingerprint density at radius 1 is 1.04 bits per heavy atom. The van der Waals surface area contributed by atoms with Crippen molar-refractivity contribution in [1.82, 2.24) is 10.2 Å². The van der Waals surface area contributed by atoms with Gasteiger partial charge in [-0.3, -0.25) is 9.59 Å². The fraction of sp³-hybridized carbons (Fsp3) is 0.429. The third-order valence-corrected chi connectivity index (χ3v) is 4.58. The van der Waals surface area contributed by atoms with Crippen LogP contribution in [0.25, 0.3) is 10.8 Å². The summed E-state index contributed by atoms with van der Waals surface area (Å²) < 4.78 is 0. The summed E-state index contributed by atoms with van der Waals surface area (Å²) in [5, 5.41) is 5.01. The van der Waals surface area contributed by atoms with E-state index in [-0.39, 0.29) is 23.4 Å². The zero-order chi connectivity index (χ0) is 18.0. The van der Waals surface area contributed by atoms with Crippen molar-refractivity contribution in [3.63, 3.8) is 0 Å². The van der Waals surface area contributed by atoms with Crippen LogP contribution < -0.4 is 5.32 Å². The molecule has 2 amide bonds. The Kier molecular flexibility index (Phi) is 4.80. The first-order chi connectivity index (χ1) is 11.9. The Balaban J connectivity index is 1.92. The standard InChI is InChI=1S/C21H26N2O2/c1-21(2,3)22-19(24)18-13-6-7-14-23(18)20(25)17-12-8-10-15-9-4-5-11-16(15)17/h4-5,8-12,18H,6-7,13-14H2,1-3H3,(H,22,24)/t18-/m0/s1. The second-order valence-corrected chi connectivity index (χ2v) is 7.78. The molecule has 2 aromatic rings. The molecule has 1 heterocycles. The number of carbonyl (C=O) groups excluding carboxylic acids is 2. The van der Waals surface area contributed by atoms with Crippen molar-refractivity contribution in [1.29, 1.82) is 0 Å². The maximum absolute atomic E-state index is 13.2. The molecule has 0 aromatic heterocycles. The molecule has 2 aromatic carbocycles. The molecule has 4 heteroatoms. The monoisotopic (exact) mass is 338 g/mol. The highest BCUT2D eigenvalue weighted by atomic mass is 16.2. The SMILES string of the molecule is CC(C)(C)NC(=O)[C@@H]1CCCCN1C(=O)c1cccc2ccccc12. The van der Waals surface area contributed by atoms with E-state index in [1.165, 1.54) is 0 Å². The molecule has 1 aliphatic heterocycles. The van der Waals surface area contributed by atoms with Crippen LogP contribution in [0.3, 0.4) is 0 Å². The number of fused-ring (bicyclic) bond motifs is 1. The Bertz CT molecular complexity index is 787. The number of rotatable bonds is 2. The van der Waals surface area contributed by atoms with E-state index in [2.05, 4.69) is 5.32 Å². The van der Waals surface area contributed by atoms with Gasteiger partial charge >= 0.3 is 0 Å². The van der Waals surface area contributed by atoms with Crippen LogP contribution in [0.2, 0.25) is 0 Å². The molecule has 0 bridgehead atoms. The summed E-state index contributed by atoms with van der Waals surface area (Å²) in [7, 11) is 0. The lowest BCUT2D eigenvalue weighted by atomic mass is 9.97. The highest BCUT2D eigenvalue weighted by Crippen LogP contribution is 2.25. The van der Waals surface area contributed by atoms with Gasteiger partial charge in [-0.1, -0.05) is 36.4 Å². The van der Waals surface area contributed by atoms with E-state index in [0.29, 0.717) is 12.1 Å². The summed E-state index contributed by atoms with van der Waals surface area (Å²) >= 11 is 0. The fourth-order valence-electron chi connectivity index (χ4n) is 3.47. The molecule has 1 N–H and O–H groups in total. The molecule has 0 unspecified atom stereocenters. The summed E-state index contributed by atoms with van der Waals surface area (Å²) in [6.07, 6.45) is 2.63. The number of nitrogens with one attached hydrogen (secondary N) is 1. The van der Waals surface area contributed by atoms with Gasteiger partial charge in [0.05, 0.1) is 0 Å². The minimum Gasteiger partial charge on any atom is -0.350 e. The Morgan fingerprint density at radius 3 is 2.52 bits per heavy atom. The second-order valence-electron chi connectivity index (χ2n) is 7.78. The first kappa shape index (κ1) is 17.5. The average Bonchev–Trinajstić information content (AvgIpc) is 2.59. The lowest BCUT2D eigenvalue weighted by Crippen LogP contribution is -2.55. The second kappa shape index (κ2) is 6.87. The maximum Gasteiger partial charge on any atom is 0.255 e. The lowest BCUT2D eigenvalue weighted by molar-refractivity contribution is -0.128. The first-order valence-corrected chi connectivity index (χ1v) is 8.97. The van der Waals surface area contributed by atoms with E-state index in [1.807, 2.05) is 63.2 Å². The summed E-state index contributed by atoms with van der Waals surface area (Å²) in [6.45, 7) is 6.52. The number of piperidine rings is 1. The summed E-state index contributed by atoms with van der Waals surface area (Å²) in [6, 6.07) is 13.3. The molecule has 3 rings (SSSR count). The summed E-state index contributed by atoms with van der Waals surface area (Å²) in [5.74, 6) is -0.105. The molecular formula is C21H26N2O2. The number of amides is 2. The van der Waals surface area contributed by atoms with Crippen molar-refractivity contribution in [3.8, 4) is 0 Å². The predicted molar refractivity (Wildman–Crippen MR) is 101 cm³/mol. The molecule has 25 heavy (non-hydrogen) atoms. The van der Waals surface area contributed by atoms with E-state index in [9.17, 15) is 9.59 Å². The summed E-state index contributed by atoms with van der Waals surface area (Å²) in [4.78, 5) is 27.7. The third kappa shape index (κ3) is 3.84. The smallest absolute Gasteiger partial charge is 0.255 e. The van der Waals surface area contributed by atoms with Crippen LogP contribution >= 0.6 is 0 Å². The van der Waals surface area contributed by atoms with Gasteiger partial charge in [-0.2, -0.15) is 0 Å². The minimum atomic E-state index is -0.389. The summed E-state index contributed by atoms with van der Waals surface area (Å²) in [5.41, 5.74) is 0.372. The van der Waals surface area contributed by atoms with E-state index >= 15 is 0 Å². The Morgan fingerprint density at radius 2 is 1.76 bits per heavy atom. The van der Waals surface area contributed by atoms with E-state index < -0.39 is 0 Å². The fourth-order valence-corrected chi connectivity index (χ4v) is 3.47. The van der Waals surface area contributed by atoms with Crippen LogP contribution in [-0.4, -0.2) is 34.8 Å². The van der Waals surface area contributed by atoms with Crippen LogP contribution in [0.5, 0.6) is 0 Å². The number of hydrogen-bond acceptors (Lipinski definition) is 2. The molecule has 1 aliphatic rings. The molecule has 132 valence electrons.